The Kier molecular flexibility index (Phi) is 4.29. The lowest BCUT2D eigenvalue weighted by molar-refractivity contribution is 0.201. The van der Waals surface area contributed by atoms with Crippen LogP contribution in [-0.4, -0.2) is 48.6 Å². The molecule has 1 atom stereocenters. The Bertz CT molecular complexity index is 623. The van der Waals surface area contributed by atoms with Gasteiger partial charge in [-0.25, -0.2) is 4.98 Å². The molecule has 0 spiro atoms. The number of piperazine rings is 1. The first-order valence-corrected chi connectivity index (χ1v) is 7.81. The maximum Gasteiger partial charge on any atom is 0.129 e. The van der Waals surface area contributed by atoms with E-state index in [1.807, 2.05) is 18.2 Å². The average molecular weight is 305 g/mol. The van der Waals surface area contributed by atoms with Crippen LogP contribution in [0.5, 0.6) is 0 Å². The predicted octanol–water partition coefficient (Wildman–Crippen LogP) is 2.36. The summed E-state index contributed by atoms with van der Waals surface area (Å²) < 4.78 is 0. The number of nitrogens with two attached hydrogens (primary N) is 1. The van der Waals surface area contributed by atoms with Gasteiger partial charge in [-0.15, -0.1) is 0 Å². The second-order valence-electron chi connectivity index (χ2n) is 5.59. The van der Waals surface area contributed by atoms with Crippen LogP contribution in [0.25, 0.3) is 10.9 Å². The van der Waals surface area contributed by atoms with Crippen molar-refractivity contribution >= 4 is 28.3 Å². The van der Waals surface area contributed by atoms with Crippen LogP contribution in [0, 0.1) is 0 Å². The zero-order valence-electron chi connectivity index (χ0n) is 12.3. The van der Waals surface area contributed by atoms with Gasteiger partial charge in [0.1, 0.15) is 5.82 Å². The molecule has 1 aliphatic rings. The fraction of sp³-hybridized carbons (Fsp3) is 0.438. The maximum atomic E-state index is 6.25. The molecule has 1 unspecified atom stereocenters. The van der Waals surface area contributed by atoms with Crippen LogP contribution in [-0.2, 0) is 0 Å². The van der Waals surface area contributed by atoms with Gasteiger partial charge in [0.25, 0.3) is 0 Å². The molecule has 4 nitrogen and oxygen atoms in total. The molecule has 0 amide bonds. The Morgan fingerprint density at radius 1 is 1.19 bits per heavy atom. The van der Waals surface area contributed by atoms with Gasteiger partial charge in [-0.2, -0.15) is 0 Å². The lowest BCUT2D eigenvalue weighted by Gasteiger charge is -2.38. The summed E-state index contributed by atoms with van der Waals surface area (Å²) in [4.78, 5) is 9.50. The van der Waals surface area contributed by atoms with Crippen LogP contribution in [0.2, 0.25) is 5.02 Å². The van der Waals surface area contributed by atoms with E-state index in [0.29, 0.717) is 17.6 Å². The van der Waals surface area contributed by atoms with Crippen molar-refractivity contribution in [2.45, 2.75) is 13.0 Å². The fourth-order valence-corrected chi connectivity index (χ4v) is 3.04. The molecule has 0 aliphatic carbocycles. The minimum absolute atomic E-state index is 0.450. The van der Waals surface area contributed by atoms with Crippen molar-refractivity contribution in [3.63, 3.8) is 0 Å². The molecule has 1 aliphatic heterocycles. The van der Waals surface area contributed by atoms with E-state index in [1.54, 1.807) is 0 Å². The number of rotatable bonds is 3. The summed E-state index contributed by atoms with van der Waals surface area (Å²) in [6, 6.07) is 10.5. The fourth-order valence-electron chi connectivity index (χ4n) is 2.82. The summed E-state index contributed by atoms with van der Waals surface area (Å²) >= 11 is 6.25. The summed E-state index contributed by atoms with van der Waals surface area (Å²) in [6.07, 6.45) is 0. The van der Waals surface area contributed by atoms with Gasteiger partial charge in [0.15, 0.2) is 0 Å². The molecule has 2 aromatic rings. The van der Waals surface area contributed by atoms with Crippen LogP contribution >= 0.6 is 11.6 Å². The number of anilines is 1. The van der Waals surface area contributed by atoms with Crippen molar-refractivity contribution in [2.75, 3.05) is 37.6 Å². The zero-order chi connectivity index (χ0) is 14.8. The van der Waals surface area contributed by atoms with E-state index in [1.165, 1.54) is 0 Å². The number of hydrogen-bond acceptors (Lipinski definition) is 4. The molecule has 21 heavy (non-hydrogen) atoms. The highest BCUT2D eigenvalue weighted by Crippen LogP contribution is 2.25. The summed E-state index contributed by atoms with van der Waals surface area (Å²) in [5.74, 6) is 1.01. The monoisotopic (exact) mass is 304 g/mol. The summed E-state index contributed by atoms with van der Waals surface area (Å²) in [7, 11) is 0. The van der Waals surface area contributed by atoms with Crippen LogP contribution in [0.4, 0.5) is 5.82 Å². The molecule has 1 aromatic carbocycles. The Morgan fingerprint density at radius 2 is 1.95 bits per heavy atom. The Labute approximate surface area is 130 Å². The summed E-state index contributed by atoms with van der Waals surface area (Å²) in [6.45, 7) is 6.91. The second kappa shape index (κ2) is 6.18. The molecule has 5 heteroatoms. The third kappa shape index (κ3) is 2.98. The van der Waals surface area contributed by atoms with Gasteiger partial charge in [-0.3, -0.25) is 4.90 Å². The Morgan fingerprint density at radius 3 is 2.67 bits per heavy atom. The molecule has 0 radical (unpaired) electrons. The molecule has 0 bridgehead atoms. The largest absolute Gasteiger partial charge is 0.354 e. The summed E-state index contributed by atoms with van der Waals surface area (Å²) in [5.41, 5.74) is 6.63. The van der Waals surface area contributed by atoms with E-state index in [-0.39, 0.29) is 0 Å². The third-order valence-electron chi connectivity index (χ3n) is 4.26. The topological polar surface area (TPSA) is 45.4 Å². The van der Waals surface area contributed by atoms with Gasteiger partial charge >= 0.3 is 0 Å². The first kappa shape index (κ1) is 14.6. The van der Waals surface area contributed by atoms with Crippen molar-refractivity contribution in [2.24, 2.45) is 5.73 Å². The predicted molar refractivity (Wildman–Crippen MR) is 89.1 cm³/mol. The van der Waals surface area contributed by atoms with E-state index in [2.05, 4.69) is 28.9 Å². The molecule has 1 fully saturated rings. The maximum absolute atomic E-state index is 6.25. The molecule has 2 N–H and O–H groups in total. The lowest BCUT2D eigenvalue weighted by atomic mass is 10.2. The first-order valence-electron chi connectivity index (χ1n) is 7.43. The van der Waals surface area contributed by atoms with E-state index in [9.17, 15) is 0 Å². The number of para-hydroxylation sites is 1. The second-order valence-corrected chi connectivity index (χ2v) is 6.00. The third-order valence-corrected chi connectivity index (χ3v) is 4.56. The summed E-state index contributed by atoms with van der Waals surface area (Å²) in [5, 5.41) is 1.80. The number of benzene rings is 1. The van der Waals surface area contributed by atoms with Gasteiger partial charge in [0, 0.05) is 44.2 Å². The van der Waals surface area contributed by atoms with E-state index in [4.69, 9.17) is 22.3 Å². The number of fused-ring (bicyclic) bond motifs is 1. The molecule has 112 valence electrons. The van der Waals surface area contributed by atoms with Gasteiger partial charge in [-0.05, 0) is 25.1 Å². The van der Waals surface area contributed by atoms with Gasteiger partial charge in [0.05, 0.1) is 10.5 Å². The quantitative estimate of drug-likeness (QED) is 0.945. The first-order chi connectivity index (χ1) is 10.2. The zero-order valence-corrected chi connectivity index (χ0v) is 13.1. The molecular weight excluding hydrogens is 284 g/mol. The molecule has 3 rings (SSSR count). The van der Waals surface area contributed by atoms with Crippen molar-refractivity contribution in [3.05, 3.63) is 35.4 Å². The highest BCUT2D eigenvalue weighted by molar-refractivity contribution is 6.35. The number of aromatic nitrogens is 1. The smallest absolute Gasteiger partial charge is 0.129 e. The average Bonchev–Trinajstić information content (AvgIpc) is 2.54. The van der Waals surface area contributed by atoms with Gasteiger partial charge in [0.2, 0.25) is 0 Å². The van der Waals surface area contributed by atoms with Crippen molar-refractivity contribution in [1.29, 1.82) is 0 Å². The SMILES string of the molecule is CC(CN)N1CCN(c2ccc3cccc(Cl)c3n2)CC1. The molecule has 2 heterocycles. The van der Waals surface area contributed by atoms with Gasteiger partial charge in [-0.1, -0.05) is 23.7 Å². The highest BCUT2D eigenvalue weighted by Gasteiger charge is 2.21. The number of nitrogens with zero attached hydrogens (tertiary/aromatic N) is 3. The highest BCUT2D eigenvalue weighted by atomic mass is 35.5. The lowest BCUT2D eigenvalue weighted by Crippen LogP contribution is -2.51. The van der Waals surface area contributed by atoms with Crippen LogP contribution in [0.3, 0.4) is 0 Å². The van der Waals surface area contributed by atoms with E-state index >= 15 is 0 Å². The molecule has 0 saturated carbocycles. The minimum atomic E-state index is 0.450. The normalized spacial score (nSPS) is 18.1. The molecule has 1 saturated heterocycles. The molecule has 1 aromatic heterocycles. The van der Waals surface area contributed by atoms with Gasteiger partial charge < -0.3 is 10.6 Å². The Balaban J connectivity index is 1.78. The van der Waals surface area contributed by atoms with E-state index < -0.39 is 0 Å². The van der Waals surface area contributed by atoms with Crippen molar-refractivity contribution in [1.82, 2.24) is 9.88 Å². The standard InChI is InChI=1S/C16H21ClN4/c1-12(11-18)20-7-9-21(10-8-20)15-6-5-13-3-2-4-14(17)16(13)19-15/h2-6,12H,7-11,18H2,1H3. The van der Waals surface area contributed by atoms with Crippen LogP contribution in [0.15, 0.2) is 30.3 Å². The van der Waals surface area contributed by atoms with Crippen LogP contribution in [0.1, 0.15) is 6.92 Å². The Hall–Kier alpha value is -1.36. The molecular formula is C16H21ClN4. The minimum Gasteiger partial charge on any atom is -0.354 e. The van der Waals surface area contributed by atoms with E-state index in [0.717, 1.165) is 42.9 Å². The van der Waals surface area contributed by atoms with Crippen molar-refractivity contribution in [3.8, 4) is 0 Å². The number of halogens is 1. The van der Waals surface area contributed by atoms with Crippen molar-refractivity contribution < 1.29 is 0 Å². The van der Waals surface area contributed by atoms with Crippen LogP contribution < -0.4 is 10.6 Å². The number of pyridine rings is 1. The number of hydrogen-bond donors (Lipinski definition) is 1.